The fourth-order valence-corrected chi connectivity index (χ4v) is 2.56. The number of hydrogen-bond donors (Lipinski definition) is 1. The van der Waals surface area contributed by atoms with Crippen LogP contribution in [-0.2, 0) is 0 Å². The van der Waals surface area contributed by atoms with Crippen LogP contribution in [0.15, 0.2) is 18.2 Å². The molecule has 0 unspecified atom stereocenters. The summed E-state index contributed by atoms with van der Waals surface area (Å²) in [5.41, 5.74) is 8.10. The van der Waals surface area contributed by atoms with E-state index < -0.39 is 0 Å². The van der Waals surface area contributed by atoms with Crippen molar-refractivity contribution in [2.75, 3.05) is 11.4 Å². The van der Waals surface area contributed by atoms with Crippen molar-refractivity contribution in [1.82, 2.24) is 0 Å². The SMILES string of the molecule is C[C@@H](N)c1cc(F)ccc1N(CC1CC1)C1CC1. The first-order valence-electron chi connectivity index (χ1n) is 6.97. The van der Waals surface area contributed by atoms with Crippen molar-refractivity contribution in [2.45, 2.75) is 44.7 Å². The zero-order valence-corrected chi connectivity index (χ0v) is 10.9. The van der Waals surface area contributed by atoms with Crippen LogP contribution in [0.2, 0.25) is 0 Å². The zero-order chi connectivity index (χ0) is 12.7. The Morgan fingerprint density at radius 3 is 2.61 bits per heavy atom. The van der Waals surface area contributed by atoms with E-state index in [9.17, 15) is 4.39 Å². The number of rotatable bonds is 5. The summed E-state index contributed by atoms with van der Waals surface area (Å²) in [4.78, 5) is 2.47. The van der Waals surface area contributed by atoms with Gasteiger partial charge in [-0.15, -0.1) is 0 Å². The van der Waals surface area contributed by atoms with E-state index >= 15 is 0 Å². The molecule has 2 N–H and O–H groups in total. The van der Waals surface area contributed by atoms with Gasteiger partial charge in [0.15, 0.2) is 0 Å². The lowest BCUT2D eigenvalue weighted by molar-refractivity contribution is 0.620. The first-order valence-corrected chi connectivity index (χ1v) is 6.97. The second-order valence-corrected chi connectivity index (χ2v) is 5.82. The average Bonchev–Trinajstić information content (AvgIpc) is 3.19. The Bertz CT molecular complexity index is 436. The molecule has 2 aliphatic carbocycles. The summed E-state index contributed by atoms with van der Waals surface area (Å²) in [5.74, 6) is 0.657. The number of hydrogen-bond acceptors (Lipinski definition) is 2. The van der Waals surface area contributed by atoms with Gasteiger partial charge >= 0.3 is 0 Å². The molecule has 1 aromatic carbocycles. The molecule has 3 rings (SSSR count). The van der Waals surface area contributed by atoms with E-state index in [1.165, 1.54) is 25.7 Å². The van der Waals surface area contributed by atoms with Gasteiger partial charge in [0.2, 0.25) is 0 Å². The molecule has 0 bridgehead atoms. The van der Waals surface area contributed by atoms with Crippen LogP contribution in [0.25, 0.3) is 0 Å². The molecule has 2 nitrogen and oxygen atoms in total. The summed E-state index contributed by atoms with van der Waals surface area (Å²) in [5, 5.41) is 0. The Morgan fingerprint density at radius 1 is 1.33 bits per heavy atom. The highest BCUT2D eigenvalue weighted by atomic mass is 19.1. The van der Waals surface area contributed by atoms with E-state index in [4.69, 9.17) is 5.73 Å². The molecule has 0 amide bonds. The number of benzene rings is 1. The van der Waals surface area contributed by atoms with Crippen molar-refractivity contribution in [3.63, 3.8) is 0 Å². The number of anilines is 1. The lowest BCUT2D eigenvalue weighted by atomic mass is 10.0. The molecule has 0 radical (unpaired) electrons. The molecule has 2 aliphatic rings. The molecule has 0 aromatic heterocycles. The second kappa shape index (κ2) is 4.54. The molecule has 18 heavy (non-hydrogen) atoms. The lowest BCUT2D eigenvalue weighted by Gasteiger charge is -2.28. The van der Waals surface area contributed by atoms with Gasteiger partial charge in [0.1, 0.15) is 5.82 Å². The molecule has 0 heterocycles. The normalized spacial score (nSPS) is 20.8. The third kappa shape index (κ3) is 2.51. The first-order chi connectivity index (χ1) is 8.65. The molecular formula is C15H21FN2. The van der Waals surface area contributed by atoms with Crippen molar-refractivity contribution in [3.8, 4) is 0 Å². The van der Waals surface area contributed by atoms with Gasteiger partial charge in [-0.3, -0.25) is 0 Å². The maximum absolute atomic E-state index is 13.4. The smallest absolute Gasteiger partial charge is 0.123 e. The van der Waals surface area contributed by atoms with E-state index in [0.717, 1.165) is 23.7 Å². The summed E-state index contributed by atoms with van der Waals surface area (Å²) in [7, 11) is 0. The van der Waals surface area contributed by atoms with Crippen molar-refractivity contribution < 1.29 is 4.39 Å². The number of nitrogens with two attached hydrogens (primary N) is 1. The predicted octanol–water partition coefficient (Wildman–Crippen LogP) is 3.22. The minimum atomic E-state index is -0.187. The molecule has 0 spiro atoms. The number of nitrogens with zero attached hydrogens (tertiary/aromatic N) is 1. The molecule has 98 valence electrons. The molecule has 2 fully saturated rings. The van der Waals surface area contributed by atoms with Crippen LogP contribution in [0.4, 0.5) is 10.1 Å². The molecule has 0 saturated heterocycles. The predicted molar refractivity (Wildman–Crippen MR) is 72.1 cm³/mol. The summed E-state index contributed by atoms with van der Waals surface area (Å²) < 4.78 is 13.4. The van der Waals surface area contributed by atoms with Gasteiger partial charge in [-0.25, -0.2) is 4.39 Å². The summed E-state index contributed by atoms with van der Waals surface area (Å²) >= 11 is 0. The van der Waals surface area contributed by atoms with Crippen molar-refractivity contribution in [1.29, 1.82) is 0 Å². The highest BCUT2D eigenvalue weighted by Crippen LogP contribution is 2.39. The fraction of sp³-hybridized carbons (Fsp3) is 0.600. The van der Waals surface area contributed by atoms with Gasteiger partial charge in [-0.1, -0.05) is 0 Å². The van der Waals surface area contributed by atoms with Crippen LogP contribution in [-0.4, -0.2) is 12.6 Å². The topological polar surface area (TPSA) is 29.3 Å². The largest absolute Gasteiger partial charge is 0.368 e. The maximum atomic E-state index is 13.4. The Kier molecular flexibility index (Phi) is 3.02. The van der Waals surface area contributed by atoms with Crippen molar-refractivity contribution >= 4 is 5.69 Å². The highest BCUT2D eigenvalue weighted by Gasteiger charge is 2.34. The van der Waals surface area contributed by atoms with E-state index in [1.54, 1.807) is 12.1 Å². The first kappa shape index (κ1) is 12.0. The molecule has 1 aromatic rings. The zero-order valence-electron chi connectivity index (χ0n) is 10.9. The Hall–Kier alpha value is -1.09. The van der Waals surface area contributed by atoms with Gasteiger partial charge in [-0.2, -0.15) is 0 Å². The molecular weight excluding hydrogens is 227 g/mol. The lowest BCUT2D eigenvalue weighted by Crippen LogP contribution is -2.30. The number of halogens is 1. The molecule has 1 atom stereocenters. The van der Waals surface area contributed by atoms with Crippen molar-refractivity contribution in [2.24, 2.45) is 11.7 Å². The minimum absolute atomic E-state index is 0.115. The van der Waals surface area contributed by atoms with Crippen LogP contribution in [0.3, 0.4) is 0 Å². The van der Waals surface area contributed by atoms with E-state index in [0.29, 0.717) is 6.04 Å². The average molecular weight is 248 g/mol. The summed E-state index contributed by atoms with van der Waals surface area (Å²) in [6, 6.07) is 5.62. The molecule has 0 aliphatic heterocycles. The van der Waals surface area contributed by atoms with Crippen LogP contribution in [0, 0.1) is 11.7 Å². The van der Waals surface area contributed by atoms with Gasteiger partial charge in [0.05, 0.1) is 0 Å². The Labute approximate surface area is 108 Å². The van der Waals surface area contributed by atoms with Crippen LogP contribution >= 0.6 is 0 Å². The van der Waals surface area contributed by atoms with Crippen LogP contribution < -0.4 is 10.6 Å². The highest BCUT2D eigenvalue weighted by molar-refractivity contribution is 5.57. The fourth-order valence-electron chi connectivity index (χ4n) is 2.56. The third-order valence-corrected chi connectivity index (χ3v) is 3.93. The van der Waals surface area contributed by atoms with E-state index in [2.05, 4.69) is 4.90 Å². The van der Waals surface area contributed by atoms with Gasteiger partial charge < -0.3 is 10.6 Å². The van der Waals surface area contributed by atoms with E-state index in [-0.39, 0.29) is 11.9 Å². The van der Waals surface area contributed by atoms with Gasteiger partial charge in [0, 0.05) is 24.3 Å². The van der Waals surface area contributed by atoms with E-state index in [1.807, 2.05) is 13.0 Å². The maximum Gasteiger partial charge on any atom is 0.123 e. The Morgan fingerprint density at radius 2 is 2.06 bits per heavy atom. The van der Waals surface area contributed by atoms with Gasteiger partial charge in [-0.05, 0) is 62.3 Å². The summed E-state index contributed by atoms with van der Waals surface area (Å²) in [6.45, 7) is 3.05. The Balaban J connectivity index is 1.91. The van der Waals surface area contributed by atoms with Gasteiger partial charge in [0.25, 0.3) is 0 Å². The van der Waals surface area contributed by atoms with Crippen molar-refractivity contribution in [3.05, 3.63) is 29.6 Å². The van der Waals surface area contributed by atoms with Crippen LogP contribution in [0.1, 0.15) is 44.2 Å². The minimum Gasteiger partial charge on any atom is -0.368 e. The molecule has 2 saturated carbocycles. The summed E-state index contributed by atoms with van der Waals surface area (Å²) in [6.07, 6.45) is 5.22. The van der Waals surface area contributed by atoms with Crippen LogP contribution in [0.5, 0.6) is 0 Å². The quantitative estimate of drug-likeness (QED) is 0.867. The molecule has 3 heteroatoms. The third-order valence-electron chi connectivity index (χ3n) is 3.93. The second-order valence-electron chi connectivity index (χ2n) is 5.82. The monoisotopic (exact) mass is 248 g/mol. The standard InChI is InChI=1S/C15H21FN2/c1-10(17)14-8-12(16)4-7-15(14)18(13-5-6-13)9-11-2-3-11/h4,7-8,10-11,13H,2-3,5-6,9,17H2,1H3/t10-/m1/s1.